The number of hydrogen-bond donors (Lipinski definition) is 0. The van der Waals surface area contributed by atoms with Crippen LogP contribution in [-0.2, 0) is 19.1 Å². The molecule has 0 spiro atoms. The summed E-state index contributed by atoms with van der Waals surface area (Å²) >= 11 is 0. The highest BCUT2D eigenvalue weighted by Crippen LogP contribution is 2.49. The zero-order valence-electron chi connectivity index (χ0n) is 13.8. The van der Waals surface area contributed by atoms with Crippen LogP contribution in [-0.4, -0.2) is 23.1 Å². The molecule has 0 N–H and O–H groups in total. The quantitative estimate of drug-likeness (QED) is 0.580. The van der Waals surface area contributed by atoms with Gasteiger partial charge in [-0.3, -0.25) is 9.59 Å². The van der Waals surface area contributed by atoms with Gasteiger partial charge in [-0.1, -0.05) is 12.2 Å². The van der Waals surface area contributed by atoms with Gasteiger partial charge in [0.25, 0.3) is 0 Å². The van der Waals surface area contributed by atoms with E-state index in [0.717, 1.165) is 6.42 Å². The molecule has 4 heteroatoms. The summed E-state index contributed by atoms with van der Waals surface area (Å²) in [5, 5.41) is 0. The fraction of sp³-hybridized carbons (Fsp3) is 0.765. The summed E-state index contributed by atoms with van der Waals surface area (Å²) in [6.07, 6.45) is 4.92. The van der Waals surface area contributed by atoms with Crippen molar-refractivity contribution in [1.29, 1.82) is 0 Å². The molecule has 0 aromatic carbocycles. The summed E-state index contributed by atoms with van der Waals surface area (Å²) in [4.78, 5) is 24.9. The van der Waals surface area contributed by atoms with Gasteiger partial charge < -0.3 is 9.47 Å². The van der Waals surface area contributed by atoms with Crippen LogP contribution in [0.5, 0.6) is 0 Å². The zero-order chi connectivity index (χ0) is 16.0. The van der Waals surface area contributed by atoms with Crippen LogP contribution < -0.4 is 0 Å². The smallest absolute Gasteiger partial charge is 0.310 e. The Labute approximate surface area is 126 Å². The molecule has 0 unspecified atom stereocenters. The van der Waals surface area contributed by atoms with Crippen LogP contribution in [0.1, 0.15) is 48.0 Å². The first-order valence-electron chi connectivity index (χ1n) is 7.62. The van der Waals surface area contributed by atoms with E-state index in [1.165, 1.54) is 0 Å². The lowest BCUT2D eigenvalue weighted by atomic mass is 9.83. The van der Waals surface area contributed by atoms with Gasteiger partial charge in [-0.2, -0.15) is 0 Å². The van der Waals surface area contributed by atoms with Crippen LogP contribution in [0.4, 0.5) is 0 Å². The first kappa shape index (κ1) is 16.1. The number of rotatable bonds is 2. The van der Waals surface area contributed by atoms with Crippen LogP contribution in [0.3, 0.4) is 0 Å². The molecule has 0 aromatic rings. The Morgan fingerprint density at radius 1 is 0.810 bits per heavy atom. The van der Waals surface area contributed by atoms with Crippen LogP contribution in [0.25, 0.3) is 0 Å². The predicted octanol–water partition coefficient (Wildman–Crippen LogP) is 3.11. The summed E-state index contributed by atoms with van der Waals surface area (Å²) < 4.78 is 11.0. The molecule has 1 saturated carbocycles. The molecule has 2 aliphatic carbocycles. The maximum atomic E-state index is 12.5. The second-order valence-corrected chi connectivity index (χ2v) is 8.07. The molecule has 2 rings (SSSR count). The Hall–Kier alpha value is -1.32. The Bertz CT molecular complexity index is 422. The molecule has 4 nitrogen and oxygen atoms in total. The number of hydrogen-bond acceptors (Lipinski definition) is 4. The van der Waals surface area contributed by atoms with Crippen LogP contribution >= 0.6 is 0 Å². The predicted molar refractivity (Wildman–Crippen MR) is 79.4 cm³/mol. The number of fused-ring (bicyclic) bond motifs is 2. The van der Waals surface area contributed by atoms with E-state index in [1.54, 1.807) is 0 Å². The average Bonchev–Trinajstić information content (AvgIpc) is 2.82. The Kier molecular flexibility index (Phi) is 3.94. The largest absolute Gasteiger partial charge is 0.460 e. The van der Waals surface area contributed by atoms with Crippen LogP contribution in [0, 0.1) is 23.7 Å². The van der Waals surface area contributed by atoms with E-state index < -0.39 is 23.0 Å². The number of allylic oxidation sites excluding steroid dienone is 2. The minimum absolute atomic E-state index is 0.0994. The third-order valence-corrected chi connectivity index (χ3v) is 3.82. The monoisotopic (exact) mass is 294 g/mol. The van der Waals surface area contributed by atoms with Gasteiger partial charge in [-0.25, -0.2) is 0 Å². The zero-order valence-corrected chi connectivity index (χ0v) is 13.8. The van der Waals surface area contributed by atoms with E-state index in [9.17, 15) is 9.59 Å². The summed E-state index contributed by atoms with van der Waals surface area (Å²) in [7, 11) is 0. The van der Waals surface area contributed by atoms with Gasteiger partial charge in [0.1, 0.15) is 11.2 Å². The van der Waals surface area contributed by atoms with Gasteiger partial charge in [-0.15, -0.1) is 0 Å². The average molecular weight is 294 g/mol. The van der Waals surface area contributed by atoms with Crippen molar-refractivity contribution in [3.8, 4) is 0 Å². The van der Waals surface area contributed by atoms with Crippen molar-refractivity contribution >= 4 is 11.9 Å². The molecule has 1 fully saturated rings. The number of ether oxygens (including phenoxy) is 2. The second kappa shape index (κ2) is 5.15. The maximum absolute atomic E-state index is 12.5. The fourth-order valence-corrected chi connectivity index (χ4v) is 3.20. The third kappa shape index (κ3) is 3.66. The van der Waals surface area contributed by atoms with Crippen molar-refractivity contribution in [1.82, 2.24) is 0 Å². The number of carbonyl (C=O) groups is 2. The van der Waals surface area contributed by atoms with Crippen molar-refractivity contribution in [2.45, 2.75) is 59.2 Å². The topological polar surface area (TPSA) is 52.6 Å². The van der Waals surface area contributed by atoms with Crippen LogP contribution in [0.2, 0.25) is 0 Å². The molecule has 2 aliphatic rings. The van der Waals surface area contributed by atoms with E-state index in [4.69, 9.17) is 9.47 Å². The van der Waals surface area contributed by atoms with Gasteiger partial charge in [-0.05, 0) is 59.8 Å². The van der Waals surface area contributed by atoms with Crippen molar-refractivity contribution in [3.63, 3.8) is 0 Å². The normalized spacial score (nSPS) is 31.3. The minimum atomic E-state index is -0.541. The van der Waals surface area contributed by atoms with Gasteiger partial charge in [0.15, 0.2) is 0 Å². The first-order chi connectivity index (χ1) is 9.48. The SMILES string of the molecule is CC(C)(C)OC(=O)[C@H]1[C@H](C(=O)OC(C)(C)C)[C@H]2C=C[C@@H]1C2. The lowest BCUT2D eigenvalue weighted by Gasteiger charge is -2.30. The van der Waals surface area contributed by atoms with Crippen molar-refractivity contribution in [2.75, 3.05) is 0 Å². The van der Waals surface area contributed by atoms with Crippen molar-refractivity contribution in [3.05, 3.63) is 12.2 Å². The molecule has 0 aliphatic heterocycles. The molecule has 0 saturated heterocycles. The summed E-state index contributed by atoms with van der Waals surface area (Å²) in [5.41, 5.74) is -1.08. The fourth-order valence-electron chi connectivity index (χ4n) is 3.20. The van der Waals surface area contributed by atoms with E-state index in [-0.39, 0.29) is 23.8 Å². The standard InChI is InChI=1S/C17H26O4/c1-16(2,3)20-14(18)12-10-7-8-11(9-10)13(12)15(19)21-17(4,5)6/h7-8,10-13H,9H2,1-6H3/t10-,11+,12-,13-/m1/s1. The molecule has 0 radical (unpaired) electrons. The molecular formula is C17H26O4. The lowest BCUT2D eigenvalue weighted by Crippen LogP contribution is -2.40. The Balaban J connectivity index is 2.17. The van der Waals surface area contributed by atoms with Gasteiger partial charge in [0.05, 0.1) is 11.8 Å². The molecule has 21 heavy (non-hydrogen) atoms. The van der Waals surface area contributed by atoms with Gasteiger partial charge in [0.2, 0.25) is 0 Å². The Morgan fingerprint density at radius 2 is 1.14 bits per heavy atom. The molecule has 4 atom stereocenters. The highest BCUT2D eigenvalue weighted by Gasteiger charge is 2.54. The highest BCUT2D eigenvalue weighted by atomic mass is 16.6. The van der Waals surface area contributed by atoms with E-state index in [2.05, 4.69) is 0 Å². The minimum Gasteiger partial charge on any atom is -0.460 e. The highest BCUT2D eigenvalue weighted by molar-refractivity contribution is 5.84. The molecule has 118 valence electrons. The van der Waals surface area contributed by atoms with E-state index in [0.29, 0.717) is 0 Å². The number of carbonyl (C=O) groups excluding carboxylic acids is 2. The van der Waals surface area contributed by atoms with E-state index in [1.807, 2.05) is 53.7 Å². The number of esters is 2. The molecule has 2 bridgehead atoms. The summed E-state index contributed by atoms with van der Waals surface area (Å²) in [6.45, 7) is 11.1. The molecule has 0 aromatic heterocycles. The molecular weight excluding hydrogens is 268 g/mol. The molecule has 0 amide bonds. The van der Waals surface area contributed by atoms with Crippen LogP contribution in [0.15, 0.2) is 12.2 Å². The Morgan fingerprint density at radius 3 is 1.43 bits per heavy atom. The lowest BCUT2D eigenvalue weighted by molar-refractivity contribution is -0.173. The van der Waals surface area contributed by atoms with E-state index >= 15 is 0 Å². The third-order valence-electron chi connectivity index (χ3n) is 3.82. The van der Waals surface area contributed by atoms with Gasteiger partial charge in [0, 0.05) is 0 Å². The van der Waals surface area contributed by atoms with Gasteiger partial charge >= 0.3 is 11.9 Å². The van der Waals surface area contributed by atoms with Crippen molar-refractivity contribution < 1.29 is 19.1 Å². The molecule has 0 heterocycles. The van der Waals surface area contributed by atoms with Crippen molar-refractivity contribution in [2.24, 2.45) is 23.7 Å². The summed E-state index contributed by atoms with van der Waals surface area (Å²) in [6, 6.07) is 0. The second-order valence-electron chi connectivity index (χ2n) is 8.07. The summed E-state index contributed by atoms with van der Waals surface area (Å²) in [5.74, 6) is -1.18. The maximum Gasteiger partial charge on any atom is 0.310 e. The first-order valence-corrected chi connectivity index (χ1v) is 7.62.